The summed E-state index contributed by atoms with van der Waals surface area (Å²) in [5.74, 6) is 0.691. The van der Waals surface area contributed by atoms with Crippen molar-refractivity contribution in [1.82, 2.24) is 10.2 Å². The number of methoxy groups -OCH3 is 1. The highest BCUT2D eigenvalue weighted by atomic mass is 16.5. The van der Waals surface area contributed by atoms with Gasteiger partial charge in [0.15, 0.2) is 6.10 Å². The number of nitrogens with zero attached hydrogens (tertiary/aromatic N) is 1. The third kappa shape index (κ3) is 3.39. The van der Waals surface area contributed by atoms with Crippen LogP contribution in [0.15, 0.2) is 48.5 Å². The van der Waals surface area contributed by atoms with Crippen molar-refractivity contribution >= 4 is 23.2 Å². The van der Waals surface area contributed by atoms with Crippen molar-refractivity contribution in [2.75, 3.05) is 17.7 Å². The van der Waals surface area contributed by atoms with Crippen LogP contribution in [0.3, 0.4) is 0 Å². The third-order valence-corrected chi connectivity index (χ3v) is 4.36. The summed E-state index contributed by atoms with van der Waals surface area (Å²) in [6.07, 6.45) is -0.548. The van der Waals surface area contributed by atoms with Crippen molar-refractivity contribution in [2.45, 2.75) is 13.0 Å². The van der Waals surface area contributed by atoms with E-state index in [1.807, 2.05) is 24.3 Å². The third-order valence-electron chi connectivity index (χ3n) is 4.36. The maximum absolute atomic E-state index is 12.5. The lowest BCUT2D eigenvalue weighted by Crippen LogP contribution is -2.34. The van der Waals surface area contributed by atoms with Crippen LogP contribution in [0.5, 0.6) is 11.5 Å². The standard InChI is InChI=1S/C20H18N4O4/c1-11-19(25)22-16-9-13(6-7-18(16)28-11)21-20(26)17-10-15(23-24-17)12-4-3-5-14(8-12)27-2/h3-11H,1-2H3,(H,21,26)(H,22,25)(H,23,24)/t11-/m1/s1. The fourth-order valence-corrected chi connectivity index (χ4v) is 2.85. The molecule has 0 radical (unpaired) electrons. The van der Waals surface area contributed by atoms with Crippen molar-refractivity contribution in [1.29, 1.82) is 0 Å². The number of benzene rings is 2. The maximum atomic E-state index is 12.5. The SMILES string of the molecule is COc1cccc(-c2cc(C(=O)Nc3ccc4c(c3)NC(=O)[C@@H](C)O4)[nH]n2)c1. The van der Waals surface area contributed by atoms with E-state index in [-0.39, 0.29) is 11.8 Å². The predicted octanol–water partition coefficient (Wildman–Crippen LogP) is 3.06. The van der Waals surface area contributed by atoms with E-state index in [4.69, 9.17) is 9.47 Å². The summed E-state index contributed by atoms with van der Waals surface area (Å²) >= 11 is 0. The fraction of sp³-hybridized carbons (Fsp3) is 0.150. The monoisotopic (exact) mass is 378 g/mol. The van der Waals surface area contributed by atoms with Crippen molar-refractivity contribution in [3.8, 4) is 22.8 Å². The molecular weight excluding hydrogens is 360 g/mol. The topological polar surface area (TPSA) is 105 Å². The summed E-state index contributed by atoms with van der Waals surface area (Å²) < 4.78 is 10.7. The molecule has 0 aliphatic carbocycles. The second-order valence-corrected chi connectivity index (χ2v) is 6.31. The molecule has 8 nitrogen and oxygen atoms in total. The second kappa shape index (κ2) is 7.07. The van der Waals surface area contributed by atoms with Crippen LogP contribution in [0, 0.1) is 0 Å². The van der Waals surface area contributed by atoms with Crippen LogP contribution >= 0.6 is 0 Å². The van der Waals surface area contributed by atoms with Gasteiger partial charge in [0, 0.05) is 11.3 Å². The summed E-state index contributed by atoms with van der Waals surface area (Å²) in [5, 5.41) is 12.5. The molecular formula is C20H18N4O4. The van der Waals surface area contributed by atoms with Crippen LogP contribution in [0.1, 0.15) is 17.4 Å². The minimum atomic E-state index is -0.548. The average Bonchev–Trinajstić information content (AvgIpc) is 3.20. The Hall–Kier alpha value is -3.81. The Balaban J connectivity index is 1.51. The van der Waals surface area contributed by atoms with Crippen LogP contribution in [-0.2, 0) is 4.79 Å². The minimum Gasteiger partial charge on any atom is -0.497 e. The van der Waals surface area contributed by atoms with Crippen LogP contribution in [0.4, 0.5) is 11.4 Å². The van der Waals surface area contributed by atoms with Crippen molar-refractivity contribution < 1.29 is 19.1 Å². The number of hydrogen-bond donors (Lipinski definition) is 3. The van der Waals surface area contributed by atoms with Gasteiger partial charge in [-0.15, -0.1) is 0 Å². The lowest BCUT2D eigenvalue weighted by Gasteiger charge is -2.23. The van der Waals surface area contributed by atoms with E-state index in [0.717, 1.165) is 5.56 Å². The first-order valence-corrected chi connectivity index (χ1v) is 8.66. The number of fused-ring (bicyclic) bond motifs is 1. The first kappa shape index (κ1) is 17.6. The Morgan fingerprint density at radius 1 is 1.21 bits per heavy atom. The normalized spacial score (nSPS) is 15.2. The van der Waals surface area contributed by atoms with Crippen LogP contribution < -0.4 is 20.1 Å². The molecule has 0 saturated heterocycles. The number of carbonyl (C=O) groups is 2. The van der Waals surface area contributed by atoms with Gasteiger partial charge in [0.1, 0.15) is 17.2 Å². The molecule has 0 spiro atoms. The molecule has 0 fully saturated rings. The molecule has 4 rings (SSSR count). The molecule has 1 aliphatic heterocycles. The number of rotatable bonds is 4. The van der Waals surface area contributed by atoms with Gasteiger partial charge in [0.2, 0.25) is 0 Å². The summed E-state index contributed by atoms with van der Waals surface area (Å²) in [4.78, 5) is 24.3. The number of amides is 2. The Morgan fingerprint density at radius 2 is 2.07 bits per heavy atom. The van der Waals surface area contributed by atoms with Gasteiger partial charge in [-0.3, -0.25) is 14.7 Å². The smallest absolute Gasteiger partial charge is 0.273 e. The summed E-state index contributed by atoms with van der Waals surface area (Å²) in [5.41, 5.74) is 2.81. The van der Waals surface area contributed by atoms with Gasteiger partial charge in [0.05, 0.1) is 18.5 Å². The highest BCUT2D eigenvalue weighted by Gasteiger charge is 2.23. The minimum absolute atomic E-state index is 0.229. The van der Waals surface area contributed by atoms with E-state index in [1.165, 1.54) is 0 Å². The van der Waals surface area contributed by atoms with Gasteiger partial charge in [0.25, 0.3) is 11.8 Å². The highest BCUT2D eigenvalue weighted by Crippen LogP contribution is 2.32. The number of H-pyrrole nitrogens is 1. The Kier molecular flexibility index (Phi) is 4.44. The number of hydrogen-bond acceptors (Lipinski definition) is 5. The van der Waals surface area contributed by atoms with E-state index in [9.17, 15) is 9.59 Å². The maximum Gasteiger partial charge on any atom is 0.273 e. The average molecular weight is 378 g/mol. The molecule has 3 aromatic rings. The molecule has 1 aromatic heterocycles. The van der Waals surface area contributed by atoms with Gasteiger partial charge in [-0.25, -0.2) is 0 Å². The molecule has 2 amide bonds. The first-order valence-electron chi connectivity index (χ1n) is 8.66. The van der Waals surface area contributed by atoms with Gasteiger partial charge < -0.3 is 20.1 Å². The lowest BCUT2D eigenvalue weighted by molar-refractivity contribution is -0.122. The number of aromatic amines is 1. The second-order valence-electron chi connectivity index (χ2n) is 6.31. The Bertz CT molecular complexity index is 1060. The molecule has 2 heterocycles. The number of ether oxygens (including phenoxy) is 2. The zero-order valence-corrected chi connectivity index (χ0v) is 15.3. The molecule has 2 aromatic carbocycles. The van der Waals surface area contributed by atoms with Crippen LogP contribution in [0.25, 0.3) is 11.3 Å². The van der Waals surface area contributed by atoms with Gasteiger partial charge in [-0.2, -0.15) is 5.10 Å². The lowest BCUT2D eigenvalue weighted by atomic mass is 10.1. The molecule has 3 N–H and O–H groups in total. The molecule has 1 aliphatic rings. The fourth-order valence-electron chi connectivity index (χ4n) is 2.85. The Labute approximate surface area is 160 Å². The molecule has 1 atom stereocenters. The molecule has 8 heteroatoms. The molecule has 0 bridgehead atoms. The summed E-state index contributed by atoms with van der Waals surface area (Å²) in [7, 11) is 1.59. The van der Waals surface area contributed by atoms with E-state index in [1.54, 1.807) is 38.3 Å². The quantitative estimate of drug-likeness (QED) is 0.647. The first-order chi connectivity index (χ1) is 13.5. The van der Waals surface area contributed by atoms with Gasteiger partial charge in [-0.05, 0) is 43.3 Å². The molecule has 142 valence electrons. The van der Waals surface area contributed by atoms with E-state index < -0.39 is 6.10 Å². The number of carbonyl (C=O) groups excluding carboxylic acids is 2. The van der Waals surface area contributed by atoms with E-state index >= 15 is 0 Å². The van der Waals surface area contributed by atoms with E-state index in [2.05, 4.69) is 20.8 Å². The number of aromatic nitrogens is 2. The zero-order chi connectivity index (χ0) is 19.7. The van der Waals surface area contributed by atoms with Gasteiger partial charge in [-0.1, -0.05) is 12.1 Å². The largest absolute Gasteiger partial charge is 0.497 e. The highest BCUT2D eigenvalue weighted by molar-refractivity contribution is 6.04. The van der Waals surface area contributed by atoms with Crippen LogP contribution in [0.2, 0.25) is 0 Å². The molecule has 0 unspecified atom stereocenters. The Morgan fingerprint density at radius 3 is 2.89 bits per heavy atom. The number of anilines is 2. The van der Waals surface area contributed by atoms with Crippen molar-refractivity contribution in [3.63, 3.8) is 0 Å². The number of nitrogens with one attached hydrogen (secondary N) is 3. The molecule has 28 heavy (non-hydrogen) atoms. The predicted molar refractivity (Wildman–Crippen MR) is 104 cm³/mol. The van der Waals surface area contributed by atoms with Gasteiger partial charge >= 0.3 is 0 Å². The summed E-state index contributed by atoms with van der Waals surface area (Å²) in [6, 6.07) is 14.1. The van der Waals surface area contributed by atoms with E-state index in [0.29, 0.717) is 34.3 Å². The zero-order valence-electron chi connectivity index (χ0n) is 15.3. The van der Waals surface area contributed by atoms with Crippen molar-refractivity contribution in [3.05, 3.63) is 54.2 Å². The van der Waals surface area contributed by atoms with Crippen molar-refractivity contribution in [2.24, 2.45) is 0 Å². The van der Waals surface area contributed by atoms with Crippen LogP contribution in [-0.4, -0.2) is 35.2 Å². The summed E-state index contributed by atoms with van der Waals surface area (Å²) in [6.45, 7) is 1.67. The molecule has 0 saturated carbocycles.